The number of rotatable bonds is 10. The molecule has 0 saturated carbocycles. The summed E-state index contributed by atoms with van der Waals surface area (Å²) in [6, 6.07) is 0. The van der Waals surface area contributed by atoms with E-state index in [2.05, 4.69) is 140 Å². The fourth-order valence-corrected chi connectivity index (χ4v) is 5.28. The molecule has 0 aromatic heterocycles. The average molecular weight is 595 g/mol. The van der Waals surface area contributed by atoms with Crippen LogP contribution in [0.2, 0.25) is 0 Å². The second kappa shape index (κ2) is 18.3. The Kier molecular flexibility index (Phi) is 16.0. The van der Waals surface area contributed by atoms with Gasteiger partial charge in [0.25, 0.3) is 0 Å². The van der Waals surface area contributed by atoms with Crippen LogP contribution in [0, 0.1) is 10.8 Å². The molecule has 2 heteroatoms. The van der Waals surface area contributed by atoms with Crippen LogP contribution in [0.15, 0.2) is 130 Å². The van der Waals surface area contributed by atoms with E-state index in [1.165, 1.54) is 0 Å². The van der Waals surface area contributed by atoms with Gasteiger partial charge in [0.05, 0.1) is 0 Å². The maximum Gasteiger partial charge on any atom is 0.158 e. The highest BCUT2D eigenvalue weighted by atomic mass is 16.1. The highest BCUT2D eigenvalue weighted by Crippen LogP contribution is 2.40. The molecule has 2 aliphatic rings. The smallest absolute Gasteiger partial charge is 0.158 e. The molecule has 0 heterocycles. The molecule has 0 unspecified atom stereocenters. The molecule has 0 spiro atoms. The molecule has 0 saturated heterocycles. The van der Waals surface area contributed by atoms with Crippen LogP contribution in [-0.4, -0.2) is 11.6 Å². The van der Waals surface area contributed by atoms with E-state index in [4.69, 9.17) is 0 Å². The third kappa shape index (κ3) is 12.6. The summed E-state index contributed by atoms with van der Waals surface area (Å²) in [5.74, 6) is 0.542. The van der Waals surface area contributed by atoms with Gasteiger partial charge in [-0.2, -0.15) is 0 Å². The van der Waals surface area contributed by atoms with Gasteiger partial charge in [0, 0.05) is 12.8 Å². The van der Waals surface area contributed by atoms with Crippen molar-refractivity contribution in [3.63, 3.8) is 0 Å². The first kappa shape index (κ1) is 38.5. The molecule has 0 fully saturated rings. The summed E-state index contributed by atoms with van der Waals surface area (Å²) in [7, 11) is 0. The Morgan fingerprint density at radius 2 is 0.818 bits per heavy atom. The number of hydrogen-bond donors (Lipinski definition) is 0. The lowest BCUT2D eigenvalue weighted by Gasteiger charge is -2.32. The summed E-state index contributed by atoms with van der Waals surface area (Å²) in [6.07, 6.45) is 32.4. The summed E-state index contributed by atoms with van der Waals surface area (Å²) < 4.78 is 0. The van der Waals surface area contributed by atoms with Gasteiger partial charge in [-0.15, -0.1) is 0 Å². The number of hydrogen-bond acceptors (Lipinski definition) is 2. The van der Waals surface area contributed by atoms with Gasteiger partial charge in [0.15, 0.2) is 11.6 Å². The van der Waals surface area contributed by atoms with E-state index in [0.717, 1.165) is 57.4 Å². The SMILES string of the molecule is CC.CC1=C(/C=C/C(C)=C/C=C/C(C)=C/C=C/C=C(C)/C=C/C=C(C)/C=C/C2=C(C)C(=O)CCC2(C)C)C(C)(C)CCC1=O. The molecular formula is C42H58O2. The fourth-order valence-electron chi connectivity index (χ4n) is 5.28. The van der Waals surface area contributed by atoms with Crippen LogP contribution in [0.5, 0.6) is 0 Å². The molecular weight excluding hydrogens is 536 g/mol. The molecule has 0 aromatic rings. The number of carbonyl (C=O) groups is 2. The molecule has 0 radical (unpaired) electrons. The molecule has 0 bridgehead atoms. The van der Waals surface area contributed by atoms with Gasteiger partial charge in [-0.1, -0.05) is 149 Å². The second-order valence-electron chi connectivity index (χ2n) is 13.1. The molecule has 238 valence electrons. The van der Waals surface area contributed by atoms with Crippen molar-refractivity contribution in [2.45, 2.75) is 109 Å². The minimum atomic E-state index is 0.0404. The van der Waals surface area contributed by atoms with Crippen molar-refractivity contribution in [3.8, 4) is 0 Å². The van der Waals surface area contributed by atoms with Crippen molar-refractivity contribution < 1.29 is 9.59 Å². The summed E-state index contributed by atoms with van der Waals surface area (Å²) in [6.45, 7) is 25.1. The van der Waals surface area contributed by atoms with Crippen LogP contribution < -0.4 is 0 Å². The molecule has 0 amide bonds. The Morgan fingerprint density at radius 3 is 1.16 bits per heavy atom. The normalized spacial score (nSPS) is 20.7. The van der Waals surface area contributed by atoms with Crippen molar-refractivity contribution in [2.24, 2.45) is 10.8 Å². The Labute approximate surface area is 269 Å². The van der Waals surface area contributed by atoms with Gasteiger partial charge in [0.2, 0.25) is 0 Å². The van der Waals surface area contributed by atoms with Gasteiger partial charge in [-0.05, 0) is 87.5 Å². The molecule has 0 N–H and O–H groups in total. The maximum absolute atomic E-state index is 12.2. The molecule has 0 aromatic carbocycles. The molecule has 2 nitrogen and oxygen atoms in total. The van der Waals surface area contributed by atoms with Crippen LogP contribution in [0.4, 0.5) is 0 Å². The Bertz CT molecular complexity index is 1270. The largest absolute Gasteiger partial charge is 0.295 e. The van der Waals surface area contributed by atoms with Crippen molar-refractivity contribution in [1.82, 2.24) is 0 Å². The zero-order valence-corrected chi connectivity index (χ0v) is 29.7. The van der Waals surface area contributed by atoms with Gasteiger partial charge in [-0.25, -0.2) is 0 Å². The lowest BCUT2D eigenvalue weighted by molar-refractivity contribution is -0.117. The standard InChI is InChI=1S/C40H52O2.C2H6/c1-29(17-13-19-31(3)21-23-35-33(5)37(41)25-27-39(35,7)8)15-11-12-16-30(2)18-14-20-32(4)22-24-36-34(6)38(42)26-28-40(36,9)10;1-2/h11-24H,25-28H2,1-10H3;1-2H3/b12-11+,17-13+,18-14+,23-21+,24-22+,29-15+,30-16+,31-19+,32-20+;. The summed E-state index contributed by atoms with van der Waals surface area (Å²) in [5, 5.41) is 0. The van der Waals surface area contributed by atoms with Gasteiger partial charge in [0.1, 0.15) is 0 Å². The first-order valence-corrected chi connectivity index (χ1v) is 16.2. The van der Waals surface area contributed by atoms with Gasteiger partial charge >= 0.3 is 0 Å². The summed E-state index contributed by atoms with van der Waals surface area (Å²) >= 11 is 0. The lowest BCUT2D eigenvalue weighted by Crippen LogP contribution is -2.24. The molecule has 2 aliphatic carbocycles. The predicted octanol–water partition coefficient (Wildman–Crippen LogP) is 12.0. The molecule has 44 heavy (non-hydrogen) atoms. The van der Waals surface area contributed by atoms with E-state index in [1.54, 1.807) is 0 Å². The molecule has 2 rings (SSSR count). The van der Waals surface area contributed by atoms with Crippen molar-refractivity contribution in [1.29, 1.82) is 0 Å². The van der Waals surface area contributed by atoms with E-state index >= 15 is 0 Å². The topological polar surface area (TPSA) is 34.1 Å². The zero-order valence-electron chi connectivity index (χ0n) is 29.7. The number of Topliss-reactive ketones (excluding diaryl/α,β-unsaturated/α-hetero) is 2. The Morgan fingerprint density at radius 1 is 0.523 bits per heavy atom. The van der Waals surface area contributed by atoms with Crippen LogP contribution >= 0.6 is 0 Å². The van der Waals surface area contributed by atoms with Crippen LogP contribution in [0.1, 0.15) is 109 Å². The average Bonchev–Trinajstić information content (AvgIpc) is 2.96. The van der Waals surface area contributed by atoms with Gasteiger partial charge < -0.3 is 0 Å². The minimum Gasteiger partial charge on any atom is -0.295 e. The third-order valence-corrected chi connectivity index (χ3v) is 8.35. The molecule has 0 aliphatic heterocycles. The fraction of sp³-hybridized carbons (Fsp3) is 0.429. The summed E-state index contributed by atoms with van der Waals surface area (Å²) in [5.41, 5.74) is 8.82. The number of allylic oxidation sites excluding steroid dienone is 22. The predicted molar refractivity (Wildman–Crippen MR) is 194 cm³/mol. The third-order valence-electron chi connectivity index (χ3n) is 8.35. The second-order valence-corrected chi connectivity index (χ2v) is 13.1. The highest BCUT2D eigenvalue weighted by Gasteiger charge is 2.31. The lowest BCUT2D eigenvalue weighted by atomic mass is 9.72. The Balaban J connectivity index is 0.00000474. The van der Waals surface area contributed by atoms with E-state index < -0.39 is 0 Å². The van der Waals surface area contributed by atoms with Crippen molar-refractivity contribution in [3.05, 3.63) is 130 Å². The first-order valence-electron chi connectivity index (χ1n) is 16.2. The minimum absolute atomic E-state index is 0.0404. The quantitative estimate of drug-likeness (QED) is 0.236. The first-order chi connectivity index (χ1) is 20.6. The number of ketones is 2. The highest BCUT2D eigenvalue weighted by molar-refractivity contribution is 5.97. The van der Waals surface area contributed by atoms with Crippen LogP contribution in [0.3, 0.4) is 0 Å². The molecule has 0 atom stereocenters. The Hall–Kier alpha value is -3.52. The van der Waals surface area contributed by atoms with Crippen LogP contribution in [0.25, 0.3) is 0 Å². The van der Waals surface area contributed by atoms with Crippen molar-refractivity contribution >= 4 is 11.6 Å². The monoisotopic (exact) mass is 594 g/mol. The van der Waals surface area contributed by atoms with Crippen molar-refractivity contribution in [2.75, 3.05) is 0 Å². The zero-order chi connectivity index (χ0) is 33.5. The van der Waals surface area contributed by atoms with E-state index in [-0.39, 0.29) is 22.4 Å². The number of carbonyl (C=O) groups excluding carboxylic acids is 2. The van der Waals surface area contributed by atoms with E-state index in [1.807, 2.05) is 27.7 Å². The van der Waals surface area contributed by atoms with E-state index in [9.17, 15) is 9.59 Å². The van der Waals surface area contributed by atoms with Crippen LogP contribution in [-0.2, 0) is 9.59 Å². The van der Waals surface area contributed by atoms with E-state index in [0.29, 0.717) is 12.8 Å². The van der Waals surface area contributed by atoms with Gasteiger partial charge in [-0.3, -0.25) is 9.59 Å². The maximum atomic E-state index is 12.2. The summed E-state index contributed by atoms with van der Waals surface area (Å²) in [4.78, 5) is 24.3.